The van der Waals surface area contributed by atoms with Crippen molar-refractivity contribution in [3.63, 3.8) is 0 Å². The Morgan fingerprint density at radius 3 is 2.44 bits per heavy atom. The van der Waals surface area contributed by atoms with Gasteiger partial charge in [-0.3, -0.25) is 0 Å². The van der Waals surface area contributed by atoms with Crippen molar-refractivity contribution in [2.24, 2.45) is 11.8 Å². The van der Waals surface area contributed by atoms with Gasteiger partial charge in [-0.15, -0.1) is 0 Å². The molecule has 1 aromatic carbocycles. The zero-order valence-corrected chi connectivity index (χ0v) is 11.4. The molecule has 0 spiro atoms. The molecule has 1 fully saturated rings. The minimum absolute atomic E-state index is 0.0930. The molecule has 0 bridgehead atoms. The van der Waals surface area contributed by atoms with Crippen LogP contribution >= 0.6 is 0 Å². The monoisotopic (exact) mass is 271 g/mol. The molecule has 1 aliphatic rings. The van der Waals surface area contributed by atoms with Crippen LogP contribution in [0.3, 0.4) is 0 Å². The lowest BCUT2D eigenvalue weighted by molar-refractivity contribution is 0.401. The van der Waals surface area contributed by atoms with Gasteiger partial charge < -0.3 is 0 Å². The van der Waals surface area contributed by atoms with Crippen molar-refractivity contribution >= 4 is 10.0 Å². The molecule has 1 aliphatic carbocycles. The van der Waals surface area contributed by atoms with E-state index in [2.05, 4.69) is 11.6 Å². The molecule has 3 atom stereocenters. The summed E-state index contributed by atoms with van der Waals surface area (Å²) in [5.74, 6) is 0.0774. The van der Waals surface area contributed by atoms with E-state index < -0.39 is 15.8 Å². The molecule has 100 valence electrons. The van der Waals surface area contributed by atoms with Crippen molar-refractivity contribution in [3.05, 3.63) is 30.1 Å². The van der Waals surface area contributed by atoms with Gasteiger partial charge >= 0.3 is 0 Å². The molecule has 0 saturated heterocycles. The van der Waals surface area contributed by atoms with E-state index in [9.17, 15) is 12.8 Å². The zero-order valence-electron chi connectivity index (χ0n) is 10.6. The Morgan fingerprint density at radius 1 is 1.22 bits per heavy atom. The van der Waals surface area contributed by atoms with Crippen LogP contribution in [0.5, 0.6) is 0 Å². The van der Waals surface area contributed by atoms with E-state index in [0.29, 0.717) is 5.92 Å². The fourth-order valence-electron chi connectivity index (χ4n) is 2.46. The van der Waals surface area contributed by atoms with Gasteiger partial charge in [-0.1, -0.05) is 26.0 Å². The molecule has 18 heavy (non-hydrogen) atoms. The summed E-state index contributed by atoms with van der Waals surface area (Å²) in [7, 11) is -3.76. The van der Waals surface area contributed by atoms with Crippen molar-refractivity contribution in [3.8, 4) is 0 Å². The Kier molecular flexibility index (Phi) is 3.73. The van der Waals surface area contributed by atoms with Gasteiger partial charge in [-0.25, -0.2) is 17.5 Å². The van der Waals surface area contributed by atoms with Crippen LogP contribution in [0.15, 0.2) is 29.2 Å². The lowest BCUT2D eigenvalue weighted by atomic mass is 9.98. The molecule has 0 aromatic heterocycles. The third-order valence-electron chi connectivity index (χ3n) is 3.90. The summed E-state index contributed by atoms with van der Waals surface area (Å²) in [6.07, 6.45) is 1.82. The lowest BCUT2D eigenvalue weighted by Gasteiger charge is -2.19. The van der Waals surface area contributed by atoms with E-state index in [-0.39, 0.29) is 16.9 Å². The average Bonchev–Trinajstić information content (AvgIpc) is 2.61. The molecule has 0 amide bonds. The van der Waals surface area contributed by atoms with Crippen LogP contribution in [0.25, 0.3) is 0 Å². The Bertz CT molecular complexity index is 530. The standard InChI is InChI=1S/C13H18FNO2S/c1-9-7-8-12(10(9)2)15-18(16,17)13-6-4-3-5-11(13)14/h3-6,9-10,12,15H,7-8H2,1-2H3. The number of hydrogen-bond acceptors (Lipinski definition) is 2. The second-order valence-corrected chi connectivity index (χ2v) is 6.75. The van der Waals surface area contributed by atoms with Gasteiger partial charge in [0.05, 0.1) is 0 Å². The molecule has 0 aliphatic heterocycles. The molecule has 5 heteroatoms. The maximum Gasteiger partial charge on any atom is 0.243 e. The smallest absolute Gasteiger partial charge is 0.208 e. The topological polar surface area (TPSA) is 46.2 Å². The minimum Gasteiger partial charge on any atom is -0.208 e. The molecule has 1 N–H and O–H groups in total. The Hall–Kier alpha value is -0.940. The van der Waals surface area contributed by atoms with Gasteiger partial charge in [-0.2, -0.15) is 0 Å². The van der Waals surface area contributed by atoms with Gasteiger partial charge in [0.2, 0.25) is 10.0 Å². The van der Waals surface area contributed by atoms with Crippen LogP contribution in [0, 0.1) is 17.7 Å². The summed E-state index contributed by atoms with van der Waals surface area (Å²) >= 11 is 0. The summed E-state index contributed by atoms with van der Waals surface area (Å²) in [5.41, 5.74) is 0. The SMILES string of the molecule is CC1CCC(NS(=O)(=O)c2ccccc2F)C1C. The Labute approximate surface area is 107 Å². The van der Waals surface area contributed by atoms with Crippen LogP contribution in [0.4, 0.5) is 4.39 Å². The maximum atomic E-state index is 13.5. The number of nitrogens with one attached hydrogen (secondary N) is 1. The predicted molar refractivity (Wildman–Crippen MR) is 68.1 cm³/mol. The molecule has 0 heterocycles. The molecule has 3 unspecified atom stereocenters. The molecule has 0 radical (unpaired) electrons. The second-order valence-electron chi connectivity index (χ2n) is 5.07. The highest BCUT2D eigenvalue weighted by Gasteiger charge is 2.33. The summed E-state index contributed by atoms with van der Waals surface area (Å²) in [4.78, 5) is -0.267. The lowest BCUT2D eigenvalue weighted by Crippen LogP contribution is -2.37. The van der Waals surface area contributed by atoms with Gasteiger partial charge in [0.25, 0.3) is 0 Å². The number of benzene rings is 1. The van der Waals surface area contributed by atoms with Crippen LogP contribution in [0.1, 0.15) is 26.7 Å². The van der Waals surface area contributed by atoms with E-state index in [1.54, 1.807) is 0 Å². The van der Waals surface area contributed by atoms with Crippen LogP contribution < -0.4 is 4.72 Å². The summed E-state index contributed by atoms with van der Waals surface area (Å²) in [5, 5.41) is 0. The van der Waals surface area contributed by atoms with E-state index in [1.807, 2.05) is 6.92 Å². The van der Waals surface area contributed by atoms with Crippen molar-refractivity contribution in [2.75, 3.05) is 0 Å². The number of hydrogen-bond donors (Lipinski definition) is 1. The fraction of sp³-hybridized carbons (Fsp3) is 0.538. The van der Waals surface area contributed by atoms with Crippen LogP contribution in [0.2, 0.25) is 0 Å². The molecule has 2 rings (SSSR count). The van der Waals surface area contributed by atoms with E-state index in [0.717, 1.165) is 18.9 Å². The fourth-order valence-corrected chi connectivity index (χ4v) is 3.90. The minimum atomic E-state index is -3.76. The largest absolute Gasteiger partial charge is 0.243 e. The van der Waals surface area contributed by atoms with E-state index in [4.69, 9.17) is 0 Å². The van der Waals surface area contributed by atoms with E-state index >= 15 is 0 Å². The first-order chi connectivity index (χ1) is 8.42. The number of rotatable bonds is 3. The van der Waals surface area contributed by atoms with Crippen molar-refractivity contribution < 1.29 is 12.8 Å². The van der Waals surface area contributed by atoms with Crippen molar-refractivity contribution in [1.29, 1.82) is 0 Å². The summed E-state index contributed by atoms with van der Waals surface area (Å²) in [6, 6.07) is 5.37. The first-order valence-electron chi connectivity index (χ1n) is 6.18. The molecular formula is C13H18FNO2S. The first kappa shape index (κ1) is 13.5. The molecule has 1 aromatic rings. The van der Waals surface area contributed by atoms with Gasteiger partial charge in [0.1, 0.15) is 10.7 Å². The molecule has 1 saturated carbocycles. The summed E-state index contributed by atoms with van der Waals surface area (Å²) < 4.78 is 40.4. The summed E-state index contributed by atoms with van der Waals surface area (Å²) in [6.45, 7) is 4.15. The normalized spacial score (nSPS) is 28.5. The predicted octanol–water partition coefficient (Wildman–Crippen LogP) is 2.54. The Morgan fingerprint density at radius 2 is 1.89 bits per heavy atom. The van der Waals surface area contributed by atoms with Crippen molar-refractivity contribution in [1.82, 2.24) is 4.72 Å². The number of halogens is 1. The maximum absolute atomic E-state index is 13.5. The van der Waals surface area contributed by atoms with Gasteiger partial charge in [-0.05, 0) is 36.8 Å². The second kappa shape index (κ2) is 4.97. The number of sulfonamides is 1. The molecule has 3 nitrogen and oxygen atoms in total. The quantitative estimate of drug-likeness (QED) is 0.918. The molecular weight excluding hydrogens is 253 g/mol. The third kappa shape index (κ3) is 2.57. The first-order valence-corrected chi connectivity index (χ1v) is 7.67. The van der Waals surface area contributed by atoms with Crippen molar-refractivity contribution in [2.45, 2.75) is 37.6 Å². The van der Waals surface area contributed by atoms with Crippen LogP contribution in [-0.4, -0.2) is 14.5 Å². The highest BCUT2D eigenvalue weighted by molar-refractivity contribution is 7.89. The van der Waals surface area contributed by atoms with E-state index in [1.165, 1.54) is 18.2 Å². The highest BCUT2D eigenvalue weighted by atomic mass is 32.2. The van der Waals surface area contributed by atoms with Gasteiger partial charge in [0.15, 0.2) is 0 Å². The zero-order chi connectivity index (χ0) is 13.3. The average molecular weight is 271 g/mol. The highest BCUT2D eigenvalue weighted by Crippen LogP contribution is 2.32. The third-order valence-corrected chi connectivity index (χ3v) is 5.42. The van der Waals surface area contributed by atoms with Gasteiger partial charge in [0, 0.05) is 6.04 Å². The Balaban J connectivity index is 2.21. The van der Waals surface area contributed by atoms with Crippen LogP contribution in [-0.2, 0) is 10.0 Å².